The molecule has 0 unspecified atom stereocenters. The zero-order valence-corrected chi connectivity index (χ0v) is 17.5. The number of thiocarbonyl (C=S) groups is 1. The Bertz CT molecular complexity index is 1010. The lowest BCUT2D eigenvalue weighted by Crippen LogP contribution is -2.36. The molecule has 6 heteroatoms. The number of para-hydroxylation sites is 1. The van der Waals surface area contributed by atoms with E-state index in [1.807, 2.05) is 43.3 Å². The number of carbonyl (C=O) groups is 1. The van der Waals surface area contributed by atoms with Crippen LogP contribution >= 0.6 is 12.2 Å². The lowest BCUT2D eigenvalue weighted by molar-refractivity contribution is 0.207. The normalized spacial score (nSPS) is 10.3. The summed E-state index contributed by atoms with van der Waals surface area (Å²) in [5.74, 6) is -0.129. The zero-order chi connectivity index (χ0) is 21.3. The summed E-state index contributed by atoms with van der Waals surface area (Å²) in [6, 6.07) is 22.9. The van der Waals surface area contributed by atoms with Crippen molar-refractivity contribution < 1.29 is 13.9 Å². The number of ether oxygens (including phenoxy) is 1. The Morgan fingerprint density at radius 2 is 1.77 bits per heavy atom. The summed E-state index contributed by atoms with van der Waals surface area (Å²) in [4.78, 5) is 15.0. The van der Waals surface area contributed by atoms with Gasteiger partial charge in [0.15, 0.2) is 0 Å². The summed E-state index contributed by atoms with van der Waals surface area (Å²) in [5, 5.41) is 3.09. The molecule has 4 nitrogen and oxygen atoms in total. The molecule has 30 heavy (non-hydrogen) atoms. The maximum absolute atomic E-state index is 14.4. The van der Waals surface area contributed by atoms with Crippen molar-refractivity contribution in [2.45, 2.75) is 19.8 Å². The van der Waals surface area contributed by atoms with Crippen molar-refractivity contribution in [3.8, 4) is 5.75 Å². The van der Waals surface area contributed by atoms with Gasteiger partial charge in [-0.05, 0) is 42.7 Å². The second-order valence-electron chi connectivity index (χ2n) is 6.64. The molecule has 0 aromatic heterocycles. The van der Waals surface area contributed by atoms with Gasteiger partial charge < -0.3 is 10.1 Å². The Labute approximate surface area is 181 Å². The van der Waals surface area contributed by atoms with Gasteiger partial charge in [0.1, 0.15) is 11.6 Å². The number of nitrogens with one attached hydrogen (secondary N) is 1. The molecule has 154 valence electrons. The summed E-state index contributed by atoms with van der Waals surface area (Å²) in [7, 11) is 0. The van der Waals surface area contributed by atoms with Crippen molar-refractivity contribution in [2.24, 2.45) is 0 Å². The van der Waals surface area contributed by atoms with Crippen molar-refractivity contribution in [3.63, 3.8) is 0 Å². The third-order valence-electron chi connectivity index (χ3n) is 4.47. The van der Waals surface area contributed by atoms with E-state index in [1.54, 1.807) is 36.4 Å². The molecule has 0 saturated heterocycles. The summed E-state index contributed by atoms with van der Waals surface area (Å²) < 4.78 is 20.0. The van der Waals surface area contributed by atoms with E-state index in [2.05, 4.69) is 5.32 Å². The second kappa shape index (κ2) is 10.5. The Kier molecular flexibility index (Phi) is 7.51. The molecule has 1 amide bonds. The quantitative estimate of drug-likeness (QED) is 0.459. The first-order valence-corrected chi connectivity index (χ1v) is 10.2. The van der Waals surface area contributed by atoms with Gasteiger partial charge in [-0.25, -0.2) is 9.18 Å². The van der Waals surface area contributed by atoms with E-state index in [9.17, 15) is 9.18 Å². The number of nitrogens with zero attached hydrogens (tertiary/aromatic N) is 1. The van der Waals surface area contributed by atoms with E-state index in [0.29, 0.717) is 23.6 Å². The second-order valence-corrected chi connectivity index (χ2v) is 7.13. The maximum Gasteiger partial charge on any atom is 0.419 e. The molecule has 0 bridgehead atoms. The number of halogens is 1. The number of amides is 1. The van der Waals surface area contributed by atoms with Crippen LogP contribution in [0.3, 0.4) is 0 Å². The van der Waals surface area contributed by atoms with Crippen molar-refractivity contribution in [1.29, 1.82) is 0 Å². The van der Waals surface area contributed by atoms with Gasteiger partial charge in [0.05, 0.1) is 10.7 Å². The molecule has 0 aliphatic rings. The van der Waals surface area contributed by atoms with E-state index >= 15 is 0 Å². The van der Waals surface area contributed by atoms with Crippen LogP contribution in [0.25, 0.3) is 0 Å². The molecule has 3 aromatic rings. The van der Waals surface area contributed by atoms with Crippen LogP contribution in [0.15, 0.2) is 78.9 Å². The minimum atomic E-state index is -0.647. The number of rotatable bonds is 7. The van der Waals surface area contributed by atoms with E-state index in [-0.39, 0.29) is 12.2 Å². The number of hydrogen-bond acceptors (Lipinski definition) is 3. The summed E-state index contributed by atoms with van der Waals surface area (Å²) in [5.41, 5.74) is 1.96. The maximum atomic E-state index is 14.4. The number of carbonyl (C=O) groups excluding carboxylic acids is 1. The average molecular weight is 423 g/mol. The Balaban J connectivity index is 1.79. The van der Waals surface area contributed by atoms with Gasteiger partial charge in [0.25, 0.3) is 0 Å². The molecule has 0 spiro atoms. The van der Waals surface area contributed by atoms with Gasteiger partial charge in [-0.15, -0.1) is 0 Å². The van der Waals surface area contributed by atoms with E-state index in [1.165, 1.54) is 11.0 Å². The largest absolute Gasteiger partial charge is 0.419 e. The van der Waals surface area contributed by atoms with Crippen LogP contribution in [-0.4, -0.2) is 17.6 Å². The van der Waals surface area contributed by atoms with Crippen LogP contribution in [0.1, 0.15) is 18.9 Å². The molecule has 0 aliphatic carbocycles. The fourth-order valence-electron chi connectivity index (χ4n) is 2.91. The monoisotopic (exact) mass is 422 g/mol. The molecule has 3 rings (SSSR count). The average Bonchev–Trinajstić information content (AvgIpc) is 2.76. The first-order chi connectivity index (χ1) is 14.6. The van der Waals surface area contributed by atoms with Crippen LogP contribution in [0.4, 0.5) is 20.6 Å². The highest BCUT2D eigenvalue weighted by Gasteiger charge is 2.21. The smallest absolute Gasteiger partial charge is 0.410 e. The highest BCUT2D eigenvalue weighted by Crippen LogP contribution is 2.23. The van der Waals surface area contributed by atoms with Gasteiger partial charge in [-0.2, -0.15) is 0 Å². The highest BCUT2D eigenvalue weighted by molar-refractivity contribution is 7.80. The topological polar surface area (TPSA) is 41.6 Å². The van der Waals surface area contributed by atoms with Crippen LogP contribution in [0.2, 0.25) is 0 Å². The van der Waals surface area contributed by atoms with Crippen molar-refractivity contribution in [3.05, 3.63) is 90.2 Å². The fourth-order valence-corrected chi connectivity index (χ4v) is 3.03. The number of hydrogen-bond donors (Lipinski definition) is 1. The molecule has 3 aromatic carbocycles. The van der Waals surface area contributed by atoms with Gasteiger partial charge in [0, 0.05) is 18.3 Å². The van der Waals surface area contributed by atoms with Crippen molar-refractivity contribution in [1.82, 2.24) is 0 Å². The molecule has 0 saturated carbocycles. The zero-order valence-electron chi connectivity index (χ0n) is 16.7. The Hall–Kier alpha value is -3.25. The minimum Gasteiger partial charge on any atom is -0.410 e. The van der Waals surface area contributed by atoms with Gasteiger partial charge in [-0.3, -0.25) is 4.90 Å². The Morgan fingerprint density at radius 1 is 1.03 bits per heavy atom. The summed E-state index contributed by atoms with van der Waals surface area (Å²) in [6.07, 6.45) is 0.627. The molecule has 0 aliphatic heterocycles. The molecular formula is C24H23FN2O2S. The number of benzene rings is 3. The first kappa shape index (κ1) is 21.5. The lowest BCUT2D eigenvalue weighted by atomic mass is 10.1. The third kappa shape index (κ3) is 5.87. The van der Waals surface area contributed by atoms with Gasteiger partial charge in [-0.1, -0.05) is 67.7 Å². The molecule has 0 radical (unpaired) electrons. The Morgan fingerprint density at radius 3 is 2.50 bits per heavy atom. The molecule has 1 N–H and O–H groups in total. The van der Waals surface area contributed by atoms with Crippen molar-refractivity contribution in [2.75, 3.05) is 16.8 Å². The lowest BCUT2D eigenvalue weighted by Gasteiger charge is -2.23. The highest BCUT2D eigenvalue weighted by atomic mass is 32.1. The van der Waals surface area contributed by atoms with Crippen molar-refractivity contribution >= 4 is 34.7 Å². The van der Waals surface area contributed by atoms with Crippen LogP contribution in [0.5, 0.6) is 5.75 Å². The van der Waals surface area contributed by atoms with Crippen LogP contribution in [-0.2, 0) is 6.42 Å². The number of anilines is 2. The predicted octanol–water partition coefficient (Wildman–Crippen LogP) is 6.22. The minimum absolute atomic E-state index is 0.180. The summed E-state index contributed by atoms with van der Waals surface area (Å²) in [6.45, 7) is 2.24. The SMILES string of the molecule is CCC(=S)Nc1cccc(OC(=O)N(CCc2ccccc2)c2ccccc2F)c1. The predicted molar refractivity (Wildman–Crippen MR) is 123 cm³/mol. The van der Waals surface area contributed by atoms with E-state index in [4.69, 9.17) is 17.0 Å². The first-order valence-electron chi connectivity index (χ1n) is 9.74. The third-order valence-corrected chi connectivity index (χ3v) is 4.87. The standard InChI is InChI=1S/C24H23FN2O2S/c1-2-23(30)26-19-11-8-12-20(17-19)29-24(28)27(22-14-7-6-13-21(22)25)16-15-18-9-4-3-5-10-18/h3-14,17H,2,15-16H2,1H3,(H,26,30). The van der Waals surface area contributed by atoms with Crippen LogP contribution < -0.4 is 15.0 Å². The summed E-state index contributed by atoms with van der Waals surface area (Å²) >= 11 is 5.20. The molecular weight excluding hydrogens is 399 g/mol. The molecule has 0 atom stereocenters. The van der Waals surface area contributed by atoms with E-state index in [0.717, 1.165) is 11.3 Å². The van der Waals surface area contributed by atoms with Crippen LogP contribution in [0, 0.1) is 5.82 Å². The van der Waals surface area contributed by atoms with E-state index < -0.39 is 11.9 Å². The van der Waals surface area contributed by atoms with Gasteiger partial charge >= 0.3 is 6.09 Å². The fraction of sp³-hybridized carbons (Fsp3) is 0.167. The molecule has 0 fully saturated rings. The molecule has 0 heterocycles. The van der Waals surface area contributed by atoms with Gasteiger partial charge in [0.2, 0.25) is 0 Å².